The summed E-state index contributed by atoms with van der Waals surface area (Å²) in [5, 5.41) is 22.8. The van der Waals surface area contributed by atoms with Crippen molar-refractivity contribution in [3.05, 3.63) is 24.0 Å². The van der Waals surface area contributed by atoms with E-state index in [2.05, 4.69) is 0 Å². The van der Waals surface area contributed by atoms with Crippen molar-refractivity contribution >= 4 is 12.1 Å². The van der Waals surface area contributed by atoms with Gasteiger partial charge in [-0.05, 0) is 26.0 Å². The Hall–Kier alpha value is -0.874. The van der Waals surface area contributed by atoms with E-state index in [-0.39, 0.29) is 64.3 Å². The first kappa shape index (κ1) is 22.4. The SMILES string of the molecule is COc1cc(F)ccc1OC(C)(C)C(=O)O.O=C(O)O.[H-].[K+]. The van der Waals surface area contributed by atoms with Crippen LogP contribution in [0.5, 0.6) is 11.5 Å². The van der Waals surface area contributed by atoms with Crippen LogP contribution in [0.15, 0.2) is 18.2 Å². The summed E-state index contributed by atoms with van der Waals surface area (Å²) in [6, 6.07) is 3.64. The Morgan fingerprint density at radius 2 is 1.67 bits per heavy atom. The second-order valence-corrected chi connectivity index (χ2v) is 4.00. The first-order valence-electron chi connectivity index (χ1n) is 5.28. The zero-order chi connectivity index (χ0) is 15.9. The molecular formula is C12H16FKO7. The van der Waals surface area contributed by atoms with Crippen molar-refractivity contribution in [3.8, 4) is 11.5 Å². The number of carboxylic acid groups (broad SMARTS) is 3. The van der Waals surface area contributed by atoms with Gasteiger partial charge in [0.25, 0.3) is 0 Å². The molecule has 0 atom stereocenters. The third kappa shape index (κ3) is 8.89. The minimum absolute atomic E-state index is 0. The third-order valence-electron chi connectivity index (χ3n) is 2.01. The van der Waals surface area contributed by atoms with Gasteiger partial charge in [-0.25, -0.2) is 14.0 Å². The largest absolute Gasteiger partial charge is 1.00 e. The predicted octanol–water partition coefficient (Wildman–Crippen LogP) is -0.585. The number of aliphatic carboxylic acids is 1. The fourth-order valence-corrected chi connectivity index (χ4v) is 1.04. The number of halogens is 1. The van der Waals surface area contributed by atoms with Gasteiger partial charge < -0.3 is 26.2 Å². The van der Waals surface area contributed by atoms with Crippen LogP contribution in [-0.2, 0) is 4.79 Å². The normalized spacial score (nSPS) is 9.52. The molecule has 0 aromatic heterocycles. The van der Waals surface area contributed by atoms with Crippen LogP contribution in [-0.4, -0.2) is 40.2 Å². The number of carbonyl (C=O) groups is 2. The van der Waals surface area contributed by atoms with E-state index >= 15 is 0 Å². The van der Waals surface area contributed by atoms with Crippen molar-refractivity contribution in [2.75, 3.05) is 7.11 Å². The van der Waals surface area contributed by atoms with Crippen LogP contribution in [0.1, 0.15) is 15.3 Å². The second kappa shape index (κ2) is 9.95. The Labute approximate surface area is 164 Å². The molecule has 0 aliphatic heterocycles. The topological polar surface area (TPSA) is 113 Å². The van der Waals surface area contributed by atoms with Gasteiger partial charge in [0.15, 0.2) is 17.1 Å². The molecule has 1 rings (SSSR count). The van der Waals surface area contributed by atoms with Gasteiger partial charge in [-0.15, -0.1) is 0 Å². The van der Waals surface area contributed by atoms with Gasteiger partial charge in [0, 0.05) is 6.07 Å². The first-order chi connectivity index (χ1) is 9.10. The molecular weight excluding hydrogens is 314 g/mol. The molecule has 0 unspecified atom stereocenters. The van der Waals surface area contributed by atoms with Crippen molar-refractivity contribution in [2.24, 2.45) is 0 Å². The van der Waals surface area contributed by atoms with Gasteiger partial charge in [0.1, 0.15) is 5.82 Å². The van der Waals surface area contributed by atoms with Crippen molar-refractivity contribution in [1.82, 2.24) is 0 Å². The van der Waals surface area contributed by atoms with Crippen LogP contribution in [0, 0.1) is 5.82 Å². The summed E-state index contributed by atoms with van der Waals surface area (Å²) >= 11 is 0. The zero-order valence-electron chi connectivity index (χ0n) is 13.1. The Morgan fingerprint density at radius 3 is 2.05 bits per heavy atom. The molecule has 114 valence electrons. The number of hydrogen-bond acceptors (Lipinski definition) is 4. The minimum Gasteiger partial charge on any atom is -1.00 e. The summed E-state index contributed by atoms with van der Waals surface area (Å²) in [5.74, 6) is -1.23. The van der Waals surface area contributed by atoms with E-state index in [0.717, 1.165) is 6.07 Å². The number of benzene rings is 1. The molecule has 0 fully saturated rings. The molecule has 0 saturated carbocycles. The average Bonchev–Trinajstić information content (AvgIpc) is 2.30. The monoisotopic (exact) mass is 330 g/mol. The summed E-state index contributed by atoms with van der Waals surface area (Å²) in [6.07, 6.45) is -1.83. The van der Waals surface area contributed by atoms with Crippen molar-refractivity contribution in [3.63, 3.8) is 0 Å². The molecule has 21 heavy (non-hydrogen) atoms. The molecule has 0 aliphatic carbocycles. The number of carboxylic acids is 1. The van der Waals surface area contributed by atoms with Crippen LogP contribution in [0.4, 0.5) is 9.18 Å². The van der Waals surface area contributed by atoms with E-state index in [0.29, 0.717) is 0 Å². The maximum absolute atomic E-state index is 12.9. The van der Waals surface area contributed by atoms with Gasteiger partial charge in [-0.3, -0.25) is 0 Å². The molecule has 0 radical (unpaired) electrons. The van der Waals surface area contributed by atoms with Gasteiger partial charge in [0.2, 0.25) is 0 Å². The van der Waals surface area contributed by atoms with E-state index in [1.165, 1.54) is 33.1 Å². The number of rotatable bonds is 4. The fourth-order valence-electron chi connectivity index (χ4n) is 1.04. The van der Waals surface area contributed by atoms with Gasteiger partial charge >= 0.3 is 63.5 Å². The summed E-state index contributed by atoms with van der Waals surface area (Å²) < 4.78 is 23.0. The summed E-state index contributed by atoms with van der Waals surface area (Å²) in [5.41, 5.74) is -1.40. The molecule has 0 aliphatic rings. The van der Waals surface area contributed by atoms with Crippen molar-refractivity contribution in [2.45, 2.75) is 19.4 Å². The Morgan fingerprint density at radius 1 is 1.19 bits per heavy atom. The van der Waals surface area contributed by atoms with E-state index in [9.17, 15) is 9.18 Å². The van der Waals surface area contributed by atoms with Crippen LogP contribution in [0.3, 0.4) is 0 Å². The van der Waals surface area contributed by atoms with Crippen molar-refractivity contribution in [1.29, 1.82) is 0 Å². The molecule has 0 heterocycles. The summed E-state index contributed by atoms with van der Waals surface area (Å²) in [4.78, 5) is 19.4. The third-order valence-corrected chi connectivity index (χ3v) is 2.01. The quantitative estimate of drug-likeness (QED) is 0.633. The Bertz CT molecular complexity index is 492. The van der Waals surface area contributed by atoms with E-state index < -0.39 is 23.5 Å². The van der Waals surface area contributed by atoms with Crippen LogP contribution in [0.2, 0.25) is 0 Å². The van der Waals surface area contributed by atoms with Gasteiger partial charge in [-0.2, -0.15) is 0 Å². The van der Waals surface area contributed by atoms with Gasteiger partial charge in [0.05, 0.1) is 7.11 Å². The number of ether oxygens (including phenoxy) is 2. The maximum atomic E-state index is 12.9. The summed E-state index contributed by atoms with van der Waals surface area (Å²) in [7, 11) is 1.36. The molecule has 7 nitrogen and oxygen atoms in total. The molecule has 0 saturated heterocycles. The standard InChI is InChI=1S/C11H13FO4.CH2O3.K.H/c1-11(2,10(13)14)16-8-5-4-7(12)6-9(8)15-3;2-1(3)4;;/h4-6H,1-3H3,(H,13,14);(H2,2,3,4);;/q;;+1;-1. The number of hydrogen-bond donors (Lipinski definition) is 3. The number of methoxy groups -OCH3 is 1. The maximum Gasteiger partial charge on any atom is 1.00 e. The Balaban J connectivity index is -0.000000538. The predicted molar refractivity (Wildman–Crippen MR) is 67.1 cm³/mol. The van der Waals surface area contributed by atoms with Crippen LogP contribution >= 0.6 is 0 Å². The molecule has 1 aromatic rings. The van der Waals surface area contributed by atoms with E-state index in [1.807, 2.05) is 0 Å². The molecule has 0 bridgehead atoms. The van der Waals surface area contributed by atoms with Crippen LogP contribution < -0.4 is 60.9 Å². The zero-order valence-corrected chi connectivity index (χ0v) is 15.2. The first-order valence-corrected chi connectivity index (χ1v) is 5.28. The molecule has 0 spiro atoms. The Kier molecular flexibility index (Phi) is 10.6. The second-order valence-electron chi connectivity index (χ2n) is 4.00. The molecule has 9 heteroatoms. The van der Waals surface area contributed by atoms with E-state index in [1.54, 1.807) is 0 Å². The van der Waals surface area contributed by atoms with E-state index in [4.69, 9.17) is 29.6 Å². The average molecular weight is 330 g/mol. The van der Waals surface area contributed by atoms with Crippen LogP contribution in [0.25, 0.3) is 0 Å². The molecule has 3 N–H and O–H groups in total. The van der Waals surface area contributed by atoms with Gasteiger partial charge in [-0.1, -0.05) is 0 Å². The molecule has 1 aromatic carbocycles. The fraction of sp³-hybridized carbons (Fsp3) is 0.333. The summed E-state index contributed by atoms with van der Waals surface area (Å²) in [6.45, 7) is 2.80. The van der Waals surface area contributed by atoms with Crippen molar-refractivity contribution < 1.29 is 91.6 Å². The molecule has 0 amide bonds. The smallest absolute Gasteiger partial charge is 1.00 e. The minimum atomic E-state index is -1.83.